The summed E-state index contributed by atoms with van der Waals surface area (Å²) >= 11 is 5.74. The van der Waals surface area contributed by atoms with Crippen LogP contribution in [0.3, 0.4) is 0 Å². The summed E-state index contributed by atoms with van der Waals surface area (Å²) in [7, 11) is 0. The second-order valence-corrected chi connectivity index (χ2v) is 7.73. The summed E-state index contributed by atoms with van der Waals surface area (Å²) in [5.74, 6) is 0.505. The first-order valence-electron chi connectivity index (χ1n) is 9.30. The molecule has 0 bridgehead atoms. The molecule has 1 fully saturated rings. The number of pyridine rings is 1. The minimum absolute atomic E-state index is 0.0125. The summed E-state index contributed by atoms with van der Waals surface area (Å²) in [5.41, 5.74) is 5.66. The van der Waals surface area contributed by atoms with Gasteiger partial charge in [-0.1, -0.05) is 32.0 Å². The average molecular weight is 377 g/mol. The van der Waals surface area contributed by atoms with E-state index in [1.54, 1.807) is 0 Å². The third kappa shape index (κ3) is 3.35. The number of aromatic nitrogens is 2. The molecular formula is C22H24N4S. The van der Waals surface area contributed by atoms with Crippen LogP contribution < -0.4 is 10.2 Å². The Balaban J connectivity index is 1.78. The van der Waals surface area contributed by atoms with Crippen molar-refractivity contribution in [3.63, 3.8) is 0 Å². The molecular weight excluding hydrogens is 352 g/mol. The first-order chi connectivity index (χ1) is 13.0. The van der Waals surface area contributed by atoms with E-state index in [4.69, 9.17) is 12.2 Å². The Hall–Kier alpha value is -2.66. The number of hydrogen-bond acceptors (Lipinski definition) is 2. The van der Waals surface area contributed by atoms with Gasteiger partial charge >= 0.3 is 0 Å². The van der Waals surface area contributed by atoms with Gasteiger partial charge in [-0.15, -0.1) is 0 Å². The highest BCUT2D eigenvalue weighted by Gasteiger charge is 2.41. The normalized spacial score (nSPS) is 19.6. The fraction of sp³-hybridized carbons (Fsp3) is 0.273. The van der Waals surface area contributed by atoms with Crippen LogP contribution in [0.15, 0.2) is 60.8 Å². The third-order valence-electron chi connectivity index (χ3n) is 5.11. The van der Waals surface area contributed by atoms with Gasteiger partial charge in [0.15, 0.2) is 5.11 Å². The van der Waals surface area contributed by atoms with Crippen molar-refractivity contribution < 1.29 is 0 Å². The summed E-state index contributed by atoms with van der Waals surface area (Å²) in [4.78, 5) is 10.3. The summed E-state index contributed by atoms with van der Waals surface area (Å²) in [5, 5.41) is 4.21. The summed E-state index contributed by atoms with van der Waals surface area (Å²) in [6, 6.07) is 19.0. The van der Waals surface area contributed by atoms with E-state index in [1.165, 1.54) is 5.56 Å². The molecule has 0 amide bonds. The van der Waals surface area contributed by atoms with Crippen LogP contribution in [-0.2, 0) is 0 Å². The van der Waals surface area contributed by atoms with E-state index in [0.29, 0.717) is 5.92 Å². The molecule has 2 aromatic heterocycles. The van der Waals surface area contributed by atoms with E-state index in [0.717, 1.165) is 27.9 Å². The zero-order valence-electron chi connectivity index (χ0n) is 15.8. The van der Waals surface area contributed by atoms with Gasteiger partial charge in [0, 0.05) is 23.3 Å². The number of H-pyrrole nitrogens is 1. The van der Waals surface area contributed by atoms with Crippen molar-refractivity contribution >= 4 is 23.0 Å². The monoisotopic (exact) mass is 376 g/mol. The molecule has 27 heavy (non-hydrogen) atoms. The maximum atomic E-state index is 5.74. The molecule has 2 N–H and O–H groups in total. The van der Waals surface area contributed by atoms with Crippen LogP contribution in [0, 0.1) is 6.92 Å². The molecule has 1 aliphatic rings. The number of thiocarbonyl (C=S) groups is 1. The molecule has 1 saturated heterocycles. The highest BCUT2D eigenvalue weighted by atomic mass is 32.1. The lowest BCUT2D eigenvalue weighted by Gasteiger charge is -2.27. The van der Waals surface area contributed by atoms with Gasteiger partial charge < -0.3 is 15.2 Å². The number of nitrogens with one attached hydrogen (secondary N) is 2. The summed E-state index contributed by atoms with van der Waals surface area (Å²) in [6.45, 7) is 6.49. The molecule has 0 saturated carbocycles. The largest absolute Gasteiger partial charge is 0.361 e. The van der Waals surface area contributed by atoms with Gasteiger partial charge in [-0.3, -0.25) is 4.98 Å². The maximum absolute atomic E-state index is 5.74. The Morgan fingerprint density at radius 1 is 1.04 bits per heavy atom. The number of benzene rings is 1. The lowest BCUT2D eigenvalue weighted by Crippen LogP contribution is -2.29. The van der Waals surface area contributed by atoms with Gasteiger partial charge in [0.25, 0.3) is 0 Å². The number of aromatic amines is 1. The topological polar surface area (TPSA) is 44.0 Å². The Kier molecular flexibility index (Phi) is 4.70. The van der Waals surface area contributed by atoms with Gasteiger partial charge in [0.05, 0.1) is 11.7 Å². The van der Waals surface area contributed by atoms with Crippen molar-refractivity contribution in [2.45, 2.75) is 38.8 Å². The van der Waals surface area contributed by atoms with Gasteiger partial charge in [-0.2, -0.15) is 0 Å². The van der Waals surface area contributed by atoms with E-state index >= 15 is 0 Å². The zero-order valence-corrected chi connectivity index (χ0v) is 16.6. The van der Waals surface area contributed by atoms with E-state index in [1.807, 2.05) is 18.3 Å². The van der Waals surface area contributed by atoms with Crippen LogP contribution in [0.2, 0.25) is 0 Å². The molecule has 0 aliphatic carbocycles. The second kappa shape index (κ2) is 7.16. The smallest absolute Gasteiger partial charge is 0.174 e. The number of nitrogens with zero attached hydrogens (tertiary/aromatic N) is 2. The number of hydrogen-bond donors (Lipinski definition) is 2. The molecule has 1 aromatic carbocycles. The Labute approximate surface area is 165 Å². The quantitative estimate of drug-likeness (QED) is 0.628. The first-order valence-corrected chi connectivity index (χ1v) is 9.71. The van der Waals surface area contributed by atoms with Crippen LogP contribution in [0.5, 0.6) is 0 Å². The van der Waals surface area contributed by atoms with Crippen LogP contribution in [0.1, 0.15) is 54.5 Å². The molecule has 3 aromatic rings. The maximum Gasteiger partial charge on any atom is 0.174 e. The Morgan fingerprint density at radius 3 is 2.41 bits per heavy atom. The first kappa shape index (κ1) is 17.7. The second-order valence-electron chi connectivity index (χ2n) is 7.34. The van der Waals surface area contributed by atoms with Crippen LogP contribution in [0.4, 0.5) is 5.69 Å². The van der Waals surface area contributed by atoms with Crippen molar-refractivity contribution in [2.75, 3.05) is 4.90 Å². The fourth-order valence-electron chi connectivity index (χ4n) is 3.67. The molecule has 2 atom stereocenters. The minimum Gasteiger partial charge on any atom is -0.361 e. The van der Waals surface area contributed by atoms with Crippen LogP contribution >= 0.6 is 12.2 Å². The zero-order chi connectivity index (χ0) is 19.0. The highest BCUT2D eigenvalue weighted by molar-refractivity contribution is 7.80. The van der Waals surface area contributed by atoms with Gasteiger partial charge in [-0.05, 0) is 67.0 Å². The van der Waals surface area contributed by atoms with Crippen LogP contribution in [-0.4, -0.2) is 15.1 Å². The number of rotatable bonds is 4. The standard InChI is InChI=1S/C22H24N4S/c1-14(2)16-8-10-17(11-9-16)26-21(19-12-7-15(3)24-19)20(25-22(26)27)18-6-4-5-13-23-18/h4-14,20-21,24H,1-3H3,(H,25,27)/t20-,21-/m1/s1. The highest BCUT2D eigenvalue weighted by Crippen LogP contribution is 2.41. The van der Waals surface area contributed by atoms with E-state index in [-0.39, 0.29) is 12.1 Å². The summed E-state index contributed by atoms with van der Waals surface area (Å²) < 4.78 is 0. The Morgan fingerprint density at radius 2 is 1.81 bits per heavy atom. The molecule has 4 nitrogen and oxygen atoms in total. The predicted octanol–water partition coefficient (Wildman–Crippen LogP) is 5.02. The average Bonchev–Trinajstić information content (AvgIpc) is 3.25. The van der Waals surface area contributed by atoms with Gasteiger partial charge in [0.2, 0.25) is 0 Å². The van der Waals surface area contributed by atoms with Crippen molar-refractivity contribution in [1.82, 2.24) is 15.3 Å². The molecule has 4 rings (SSSR count). The lowest BCUT2D eigenvalue weighted by atomic mass is 10.00. The molecule has 3 heterocycles. The van der Waals surface area contributed by atoms with Crippen molar-refractivity contribution in [3.05, 3.63) is 83.4 Å². The lowest BCUT2D eigenvalue weighted by molar-refractivity contribution is 0.558. The fourth-order valence-corrected chi connectivity index (χ4v) is 4.01. The molecule has 138 valence electrons. The Bertz CT molecular complexity index is 930. The summed E-state index contributed by atoms with van der Waals surface area (Å²) in [6.07, 6.45) is 1.83. The molecule has 0 radical (unpaired) electrons. The third-order valence-corrected chi connectivity index (χ3v) is 5.42. The van der Waals surface area contributed by atoms with Crippen molar-refractivity contribution in [1.29, 1.82) is 0 Å². The van der Waals surface area contributed by atoms with Gasteiger partial charge in [-0.25, -0.2) is 0 Å². The number of anilines is 1. The molecule has 0 spiro atoms. The molecule has 5 heteroatoms. The van der Waals surface area contributed by atoms with E-state index in [2.05, 4.69) is 83.4 Å². The SMILES string of the molecule is Cc1ccc([C@@H]2[C@@H](c3ccccn3)NC(=S)N2c2ccc(C(C)C)cc2)[nH]1. The van der Waals surface area contributed by atoms with Gasteiger partial charge in [0.1, 0.15) is 6.04 Å². The van der Waals surface area contributed by atoms with E-state index in [9.17, 15) is 0 Å². The molecule has 1 aliphatic heterocycles. The minimum atomic E-state index is -0.0125. The van der Waals surface area contributed by atoms with Crippen LogP contribution in [0.25, 0.3) is 0 Å². The molecule has 0 unspecified atom stereocenters. The van der Waals surface area contributed by atoms with E-state index < -0.39 is 0 Å². The predicted molar refractivity (Wildman–Crippen MR) is 114 cm³/mol. The van der Waals surface area contributed by atoms with Crippen molar-refractivity contribution in [2.24, 2.45) is 0 Å². The van der Waals surface area contributed by atoms with Crippen molar-refractivity contribution in [3.8, 4) is 0 Å². The number of aryl methyl sites for hydroxylation is 1.